The molecule has 0 aliphatic carbocycles. The van der Waals surface area contributed by atoms with Gasteiger partial charge in [0.25, 0.3) is 0 Å². The van der Waals surface area contributed by atoms with Crippen LogP contribution < -0.4 is 17.0 Å². The van der Waals surface area contributed by atoms with Crippen LogP contribution >= 0.6 is 11.6 Å². The zero-order chi connectivity index (χ0) is 7.45. The van der Waals surface area contributed by atoms with Crippen molar-refractivity contribution in [3.8, 4) is 0 Å². The van der Waals surface area contributed by atoms with E-state index < -0.39 is 0 Å². The molecule has 1 rings (SSSR count). The Morgan fingerprint density at radius 2 is 1.82 bits per heavy atom. The lowest BCUT2D eigenvalue weighted by atomic mass is 10.4. The number of nitrogens with zero attached hydrogens (tertiary/aromatic N) is 1. The second-order valence-corrected chi connectivity index (χ2v) is 3.60. The molecule has 0 bridgehead atoms. The van der Waals surface area contributed by atoms with E-state index in [0.717, 1.165) is 5.88 Å². The summed E-state index contributed by atoms with van der Waals surface area (Å²) in [6.45, 7) is 7.45. The fraction of sp³-hybridized carbons (Fsp3) is 1.00. The van der Waals surface area contributed by atoms with E-state index in [1.54, 1.807) is 0 Å². The molecule has 0 unspecified atom stereocenters. The standard InChI is InChI=1S/C8H17ClN.BrH/c1-2-10(8-5-9)6-3-4-7-10;/h2-8H2,1H3;1H/q+1;/p-1. The van der Waals surface area contributed by atoms with Gasteiger partial charge in [0.15, 0.2) is 0 Å². The number of hydrogen-bond acceptors (Lipinski definition) is 0. The van der Waals surface area contributed by atoms with E-state index in [-0.39, 0.29) is 17.0 Å². The highest BCUT2D eigenvalue weighted by atomic mass is 79.9. The zero-order valence-electron chi connectivity index (χ0n) is 7.15. The molecular weight excluding hydrogens is 225 g/mol. The second-order valence-electron chi connectivity index (χ2n) is 3.22. The lowest BCUT2D eigenvalue weighted by Crippen LogP contribution is -3.00. The molecule has 3 heteroatoms. The first-order chi connectivity index (χ1) is 4.83. The summed E-state index contributed by atoms with van der Waals surface area (Å²) in [6, 6.07) is 0. The predicted molar refractivity (Wildman–Crippen MR) is 45.4 cm³/mol. The van der Waals surface area contributed by atoms with Gasteiger partial charge in [-0.25, -0.2) is 0 Å². The number of alkyl halides is 1. The zero-order valence-corrected chi connectivity index (χ0v) is 9.49. The molecular formula is C8H17BrClN. The summed E-state index contributed by atoms with van der Waals surface area (Å²) in [5.74, 6) is 0.827. The van der Waals surface area contributed by atoms with Gasteiger partial charge >= 0.3 is 0 Å². The van der Waals surface area contributed by atoms with Crippen molar-refractivity contribution < 1.29 is 21.5 Å². The quantitative estimate of drug-likeness (QED) is 0.434. The summed E-state index contributed by atoms with van der Waals surface area (Å²) in [7, 11) is 0. The minimum Gasteiger partial charge on any atom is -1.00 e. The van der Waals surface area contributed by atoms with E-state index >= 15 is 0 Å². The summed E-state index contributed by atoms with van der Waals surface area (Å²) >= 11 is 5.73. The molecule has 1 fully saturated rings. The van der Waals surface area contributed by atoms with Crippen molar-refractivity contribution in [2.45, 2.75) is 19.8 Å². The van der Waals surface area contributed by atoms with Gasteiger partial charge in [0.1, 0.15) is 0 Å². The van der Waals surface area contributed by atoms with E-state index in [4.69, 9.17) is 11.6 Å². The first-order valence-corrected chi connectivity index (χ1v) is 4.77. The molecule has 1 nitrogen and oxygen atoms in total. The van der Waals surface area contributed by atoms with E-state index in [1.165, 1.54) is 43.5 Å². The predicted octanol–water partition coefficient (Wildman–Crippen LogP) is -1.14. The molecule has 0 aromatic rings. The van der Waals surface area contributed by atoms with E-state index in [9.17, 15) is 0 Å². The molecule has 0 saturated carbocycles. The Bertz CT molecular complexity index is 102. The fourth-order valence-electron chi connectivity index (χ4n) is 1.88. The Labute approximate surface area is 85.1 Å². The first-order valence-electron chi connectivity index (χ1n) is 4.24. The van der Waals surface area contributed by atoms with Crippen LogP contribution in [0.15, 0.2) is 0 Å². The van der Waals surface area contributed by atoms with Gasteiger partial charge in [-0.2, -0.15) is 0 Å². The topological polar surface area (TPSA) is 0 Å². The fourth-order valence-corrected chi connectivity index (χ4v) is 2.24. The molecule has 1 heterocycles. The Morgan fingerprint density at radius 3 is 2.18 bits per heavy atom. The van der Waals surface area contributed by atoms with Gasteiger partial charge in [0.2, 0.25) is 0 Å². The number of likely N-dealkylation sites (tertiary alicyclic amines) is 1. The lowest BCUT2D eigenvalue weighted by molar-refractivity contribution is -0.912. The van der Waals surface area contributed by atoms with Crippen molar-refractivity contribution in [1.82, 2.24) is 0 Å². The first kappa shape index (κ1) is 11.7. The van der Waals surface area contributed by atoms with Crippen LogP contribution in [0.1, 0.15) is 19.8 Å². The summed E-state index contributed by atoms with van der Waals surface area (Å²) in [5, 5.41) is 0. The third-order valence-corrected chi connectivity index (χ3v) is 2.91. The number of halogens is 2. The molecule has 0 radical (unpaired) electrons. The molecule has 11 heavy (non-hydrogen) atoms. The van der Waals surface area contributed by atoms with Crippen molar-refractivity contribution in [3.63, 3.8) is 0 Å². The normalized spacial score (nSPS) is 21.3. The van der Waals surface area contributed by atoms with Crippen LogP contribution in [0.5, 0.6) is 0 Å². The molecule has 0 atom stereocenters. The van der Waals surface area contributed by atoms with Gasteiger partial charge in [-0.3, -0.25) is 0 Å². The SMILES string of the molecule is CC[N+]1(CCCl)CCCC1.[Br-]. The molecule has 0 aromatic heterocycles. The molecule has 1 aliphatic rings. The number of quaternary nitrogens is 1. The highest BCUT2D eigenvalue weighted by Gasteiger charge is 2.28. The van der Waals surface area contributed by atoms with Gasteiger partial charge in [0.05, 0.1) is 32.1 Å². The third kappa shape index (κ3) is 2.92. The van der Waals surface area contributed by atoms with Crippen molar-refractivity contribution >= 4 is 11.6 Å². The third-order valence-electron chi connectivity index (χ3n) is 2.74. The maximum atomic E-state index is 5.73. The van der Waals surface area contributed by atoms with Crippen molar-refractivity contribution in [1.29, 1.82) is 0 Å². The Morgan fingerprint density at radius 1 is 1.27 bits per heavy atom. The summed E-state index contributed by atoms with van der Waals surface area (Å²) < 4.78 is 1.28. The summed E-state index contributed by atoms with van der Waals surface area (Å²) in [6.07, 6.45) is 2.81. The molecule has 0 spiro atoms. The molecule has 0 N–H and O–H groups in total. The maximum absolute atomic E-state index is 5.73. The van der Waals surface area contributed by atoms with Crippen LogP contribution in [0.25, 0.3) is 0 Å². The van der Waals surface area contributed by atoms with Crippen molar-refractivity contribution in [2.75, 3.05) is 32.1 Å². The van der Waals surface area contributed by atoms with Gasteiger partial charge in [0, 0.05) is 12.8 Å². The van der Waals surface area contributed by atoms with Gasteiger partial charge in [-0.05, 0) is 6.92 Å². The highest BCUT2D eigenvalue weighted by molar-refractivity contribution is 6.17. The maximum Gasteiger partial charge on any atom is 0.0924 e. The average Bonchev–Trinajstić information content (AvgIpc) is 2.39. The molecule has 1 aliphatic heterocycles. The van der Waals surface area contributed by atoms with Gasteiger partial charge in [-0.1, -0.05) is 0 Å². The summed E-state index contributed by atoms with van der Waals surface area (Å²) in [4.78, 5) is 0. The van der Waals surface area contributed by atoms with Crippen LogP contribution in [0.2, 0.25) is 0 Å². The number of rotatable bonds is 3. The van der Waals surface area contributed by atoms with Crippen molar-refractivity contribution in [3.05, 3.63) is 0 Å². The van der Waals surface area contributed by atoms with Crippen LogP contribution in [0.3, 0.4) is 0 Å². The lowest BCUT2D eigenvalue weighted by Gasteiger charge is -2.32. The van der Waals surface area contributed by atoms with Crippen molar-refractivity contribution in [2.24, 2.45) is 0 Å². The Kier molecular flexibility index (Phi) is 5.75. The van der Waals surface area contributed by atoms with E-state index in [2.05, 4.69) is 6.92 Å². The van der Waals surface area contributed by atoms with Gasteiger partial charge in [-0.15, -0.1) is 11.6 Å². The number of hydrogen-bond donors (Lipinski definition) is 0. The van der Waals surface area contributed by atoms with Crippen LogP contribution in [0, 0.1) is 0 Å². The van der Waals surface area contributed by atoms with E-state index in [1.807, 2.05) is 0 Å². The van der Waals surface area contributed by atoms with Crippen LogP contribution in [-0.2, 0) is 0 Å². The second kappa shape index (κ2) is 5.39. The molecule has 0 amide bonds. The average molecular weight is 243 g/mol. The van der Waals surface area contributed by atoms with Crippen LogP contribution in [-0.4, -0.2) is 36.5 Å². The smallest absolute Gasteiger partial charge is 0.0924 e. The van der Waals surface area contributed by atoms with Gasteiger partial charge < -0.3 is 21.5 Å². The summed E-state index contributed by atoms with van der Waals surface area (Å²) in [5.41, 5.74) is 0. The Balaban J connectivity index is 0.000001000. The minimum absolute atomic E-state index is 0. The van der Waals surface area contributed by atoms with Crippen LogP contribution in [0.4, 0.5) is 0 Å². The molecule has 1 saturated heterocycles. The highest BCUT2D eigenvalue weighted by Crippen LogP contribution is 2.18. The minimum atomic E-state index is 0. The Hall–Kier alpha value is 0.730. The molecule has 0 aromatic carbocycles. The largest absolute Gasteiger partial charge is 1.00 e. The monoisotopic (exact) mass is 241 g/mol. The van der Waals surface area contributed by atoms with E-state index in [0.29, 0.717) is 0 Å². The molecule has 68 valence electrons.